The third kappa shape index (κ3) is 4.07. The molecule has 4 saturated carbocycles. The van der Waals surface area contributed by atoms with Gasteiger partial charge in [0.25, 0.3) is 0 Å². The van der Waals surface area contributed by atoms with Gasteiger partial charge >= 0.3 is 0 Å². The summed E-state index contributed by atoms with van der Waals surface area (Å²) in [6.07, 6.45) is 8.37. The summed E-state index contributed by atoms with van der Waals surface area (Å²) in [5, 5.41) is 4.79. The molecular formula is C26H32ClNO. The van der Waals surface area contributed by atoms with Crippen molar-refractivity contribution in [3.8, 4) is 5.75 Å². The summed E-state index contributed by atoms with van der Waals surface area (Å²) in [5.41, 5.74) is 3.87. The van der Waals surface area contributed by atoms with Gasteiger partial charge in [0, 0.05) is 17.1 Å². The molecule has 0 radical (unpaired) electrons. The maximum atomic E-state index is 6.03. The molecule has 0 spiro atoms. The van der Waals surface area contributed by atoms with Gasteiger partial charge < -0.3 is 10.1 Å². The molecule has 0 saturated heterocycles. The van der Waals surface area contributed by atoms with E-state index in [1.165, 1.54) is 44.1 Å². The van der Waals surface area contributed by atoms with E-state index >= 15 is 0 Å². The van der Waals surface area contributed by atoms with Crippen LogP contribution in [0.15, 0.2) is 48.5 Å². The number of benzene rings is 2. The Morgan fingerprint density at radius 2 is 1.66 bits per heavy atom. The first kappa shape index (κ1) is 19.5. The summed E-state index contributed by atoms with van der Waals surface area (Å²) in [4.78, 5) is 0. The second-order valence-corrected chi connectivity index (χ2v) is 11.3. The van der Waals surface area contributed by atoms with Crippen molar-refractivity contribution < 1.29 is 4.74 Å². The van der Waals surface area contributed by atoms with Gasteiger partial charge in [0.15, 0.2) is 0 Å². The van der Waals surface area contributed by atoms with Crippen LogP contribution in [-0.4, -0.2) is 5.54 Å². The zero-order chi connectivity index (χ0) is 20.1. The summed E-state index contributed by atoms with van der Waals surface area (Å²) >= 11 is 5.97. The van der Waals surface area contributed by atoms with E-state index < -0.39 is 0 Å². The molecular weight excluding hydrogens is 378 g/mol. The van der Waals surface area contributed by atoms with Gasteiger partial charge in [-0.3, -0.25) is 0 Å². The Hall–Kier alpha value is -1.51. The van der Waals surface area contributed by atoms with E-state index in [0.29, 0.717) is 23.0 Å². The van der Waals surface area contributed by atoms with Crippen molar-refractivity contribution in [3.05, 3.63) is 64.7 Å². The fraction of sp³-hybridized carbons (Fsp3) is 0.538. The lowest BCUT2D eigenvalue weighted by atomic mass is 9.43. The molecule has 1 N–H and O–H groups in total. The number of halogens is 1. The van der Waals surface area contributed by atoms with Gasteiger partial charge in [-0.05, 0) is 90.7 Å². The molecule has 4 bridgehead atoms. The fourth-order valence-corrected chi connectivity index (χ4v) is 7.55. The summed E-state index contributed by atoms with van der Waals surface area (Å²) in [6, 6.07) is 16.4. The SMILES string of the molecule is CC12CC3CC(C)(C1)CC(NCc1cccc(OCc4ccc(Cl)cc4)c1)(C3)C2. The highest BCUT2D eigenvalue weighted by Gasteiger charge is 2.59. The minimum Gasteiger partial charge on any atom is -0.489 e. The highest BCUT2D eigenvalue weighted by atomic mass is 35.5. The zero-order valence-corrected chi connectivity index (χ0v) is 18.4. The third-order valence-electron chi connectivity index (χ3n) is 7.51. The van der Waals surface area contributed by atoms with Crippen LogP contribution in [0.5, 0.6) is 5.75 Å². The molecule has 0 aliphatic heterocycles. The van der Waals surface area contributed by atoms with E-state index in [0.717, 1.165) is 28.8 Å². The number of hydrogen-bond acceptors (Lipinski definition) is 2. The molecule has 0 aromatic heterocycles. The second kappa shape index (κ2) is 7.03. The maximum Gasteiger partial charge on any atom is 0.120 e. The predicted octanol–water partition coefficient (Wildman–Crippen LogP) is 6.76. The van der Waals surface area contributed by atoms with Crippen LogP contribution in [-0.2, 0) is 13.2 Å². The van der Waals surface area contributed by atoms with Gasteiger partial charge in [0.1, 0.15) is 12.4 Å². The summed E-state index contributed by atoms with van der Waals surface area (Å²) in [7, 11) is 0. The van der Waals surface area contributed by atoms with Gasteiger partial charge in [-0.25, -0.2) is 0 Å². The Labute approximate surface area is 180 Å². The van der Waals surface area contributed by atoms with Crippen LogP contribution in [0.2, 0.25) is 5.02 Å². The van der Waals surface area contributed by atoms with Crippen molar-refractivity contribution in [2.45, 2.75) is 71.1 Å². The van der Waals surface area contributed by atoms with Crippen molar-refractivity contribution in [1.29, 1.82) is 0 Å². The van der Waals surface area contributed by atoms with Crippen LogP contribution in [0, 0.1) is 16.7 Å². The molecule has 6 rings (SSSR count). The highest BCUT2D eigenvalue weighted by Crippen LogP contribution is 2.66. The Balaban J connectivity index is 1.24. The van der Waals surface area contributed by atoms with Crippen LogP contribution < -0.4 is 10.1 Å². The molecule has 0 heterocycles. The minimum atomic E-state index is 0.336. The summed E-state index contributed by atoms with van der Waals surface area (Å²) < 4.78 is 6.03. The van der Waals surface area contributed by atoms with Crippen molar-refractivity contribution in [2.24, 2.45) is 16.7 Å². The summed E-state index contributed by atoms with van der Waals surface area (Å²) in [6.45, 7) is 6.57. The number of nitrogens with one attached hydrogen (secondary N) is 1. The molecule has 4 fully saturated rings. The standard InChI is InChI=1S/C26H32ClNO/c1-24-11-21-12-25(2,16-24)18-26(13-21,17-24)28-14-20-4-3-5-23(10-20)29-15-19-6-8-22(27)9-7-19/h3-10,21,28H,11-18H2,1-2H3. The lowest BCUT2D eigenvalue weighted by Gasteiger charge is -2.65. The first-order valence-corrected chi connectivity index (χ1v) is 11.4. The van der Waals surface area contributed by atoms with E-state index in [4.69, 9.17) is 16.3 Å². The Kier molecular flexibility index (Phi) is 4.71. The lowest BCUT2D eigenvalue weighted by Crippen LogP contribution is -2.63. The molecule has 2 atom stereocenters. The molecule has 2 nitrogen and oxygen atoms in total. The minimum absolute atomic E-state index is 0.336. The van der Waals surface area contributed by atoms with Gasteiger partial charge in [0.05, 0.1) is 0 Å². The zero-order valence-electron chi connectivity index (χ0n) is 17.6. The smallest absolute Gasteiger partial charge is 0.120 e. The van der Waals surface area contributed by atoms with Crippen LogP contribution in [0.3, 0.4) is 0 Å². The van der Waals surface area contributed by atoms with E-state index in [9.17, 15) is 0 Å². The Morgan fingerprint density at radius 3 is 2.34 bits per heavy atom. The molecule has 3 heteroatoms. The lowest BCUT2D eigenvalue weighted by molar-refractivity contribution is -0.118. The van der Waals surface area contributed by atoms with Gasteiger partial charge in [-0.2, -0.15) is 0 Å². The first-order chi connectivity index (χ1) is 13.8. The van der Waals surface area contributed by atoms with E-state index in [1.54, 1.807) is 0 Å². The van der Waals surface area contributed by atoms with Crippen molar-refractivity contribution in [2.75, 3.05) is 0 Å². The van der Waals surface area contributed by atoms with Crippen LogP contribution in [0.25, 0.3) is 0 Å². The van der Waals surface area contributed by atoms with Crippen LogP contribution in [0.4, 0.5) is 0 Å². The quantitative estimate of drug-likeness (QED) is 0.569. The molecule has 29 heavy (non-hydrogen) atoms. The molecule has 2 aromatic carbocycles. The molecule has 2 unspecified atom stereocenters. The average molecular weight is 410 g/mol. The third-order valence-corrected chi connectivity index (χ3v) is 7.76. The molecule has 4 aliphatic carbocycles. The highest BCUT2D eigenvalue weighted by molar-refractivity contribution is 6.30. The van der Waals surface area contributed by atoms with E-state index in [-0.39, 0.29) is 0 Å². The summed E-state index contributed by atoms with van der Waals surface area (Å²) in [5.74, 6) is 1.85. The largest absolute Gasteiger partial charge is 0.489 e. The number of hydrogen-bond donors (Lipinski definition) is 1. The number of ether oxygens (including phenoxy) is 1. The monoisotopic (exact) mass is 409 g/mol. The number of rotatable bonds is 6. The van der Waals surface area contributed by atoms with Crippen molar-refractivity contribution in [3.63, 3.8) is 0 Å². The fourth-order valence-electron chi connectivity index (χ4n) is 7.43. The predicted molar refractivity (Wildman–Crippen MR) is 119 cm³/mol. The maximum absolute atomic E-state index is 6.03. The molecule has 4 aliphatic rings. The molecule has 0 amide bonds. The second-order valence-electron chi connectivity index (χ2n) is 10.8. The Morgan fingerprint density at radius 1 is 0.931 bits per heavy atom. The van der Waals surface area contributed by atoms with Gasteiger partial charge in [0.2, 0.25) is 0 Å². The van der Waals surface area contributed by atoms with E-state index in [1.807, 2.05) is 30.3 Å². The Bertz CT molecular complexity index is 874. The normalized spacial score (nSPS) is 35.1. The van der Waals surface area contributed by atoms with Gasteiger partial charge in [-0.15, -0.1) is 0 Å². The molecule has 2 aromatic rings. The van der Waals surface area contributed by atoms with Crippen LogP contribution in [0.1, 0.15) is 63.5 Å². The van der Waals surface area contributed by atoms with Crippen LogP contribution >= 0.6 is 11.6 Å². The van der Waals surface area contributed by atoms with Gasteiger partial charge in [-0.1, -0.05) is 49.7 Å². The van der Waals surface area contributed by atoms with Crippen molar-refractivity contribution in [1.82, 2.24) is 5.32 Å². The van der Waals surface area contributed by atoms with Crippen molar-refractivity contribution >= 4 is 11.6 Å². The van der Waals surface area contributed by atoms with E-state index in [2.05, 4.69) is 37.4 Å². The average Bonchev–Trinajstić information content (AvgIpc) is 2.64. The topological polar surface area (TPSA) is 21.3 Å². The molecule has 154 valence electrons. The first-order valence-electron chi connectivity index (χ1n) is 11.0.